The molecule has 5 rings (SSSR count). The Bertz CT molecular complexity index is 1100. The molecule has 1 saturated heterocycles. The Labute approximate surface area is 219 Å². The molecule has 1 aromatic heterocycles. The van der Waals surface area contributed by atoms with Gasteiger partial charge in [-0.15, -0.1) is 0 Å². The van der Waals surface area contributed by atoms with Gasteiger partial charge in [0.1, 0.15) is 0 Å². The Morgan fingerprint density at radius 2 is 1.64 bits per heavy atom. The third kappa shape index (κ3) is 5.01. The second-order valence-corrected chi connectivity index (χ2v) is 13.3. The topological polar surface area (TPSA) is 42.3 Å². The lowest BCUT2D eigenvalue weighted by Crippen LogP contribution is -2.47. The SMILES string of the molecule is C/C=C\C(C)C(C)(C1CCCC1)C1CCN(C(=O)c2ccn(-c3ccc(S(=O)C4CC4)cc3)c2)CC1. The maximum absolute atomic E-state index is 13.4. The summed E-state index contributed by atoms with van der Waals surface area (Å²) < 4.78 is 14.4. The molecular weight excluding hydrogens is 464 g/mol. The van der Waals surface area contributed by atoms with Gasteiger partial charge in [-0.1, -0.05) is 38.8 Å². The molecule has 3 atom stereocenters. The van der Waals surface area contributed by atoms with Crippen LogP contribution in [0.1, 0.15) is 82.5 Å². The first-order valence-electron chi connectivity index (χ1n) is 14.0. The zero-order chi connectivity index (χ0) is 25.3. The van der Waals surface area contributed by atoms with Crippen LogP contribution >= 0.6 is 0 Å². The molecule has 5 heteroatoms. The zero-order valence-corrected chi connectivity index (χ0v) is 23.0. The molecule has 4 nitrogen and oxygen atoms in total. The first-order valence-corrected chi connectivity index (χ1v) is 15.2. The van der Waals surface area contributed by atoms with Crippen molar-refractivity contribution in [2.45, 2.75) is 82.3 Å². The lowest BCUT2D eigenvalue weighted by atomic mass is 9.58. The minimum Gasteiger partial charge on any atom is -0.339 e. The average Bonchev–Trinajstić information content (AvgIpc) is 3.38. The number of allylic oxidation sites excluding steroid dienone is 2. The fourth-order valence-corrected chi connectivity index (χ4v) is 8.27. The van der Waals surface area contributed by atoms with Gasteiger partial charge in [-0.2, -0.15) is 0 Å². The van der Waals surface area contributed by atoms with E-state index in [1.165, 1.54) is 25.7 Å². The molecule has 2 aromatic rings. The predicted octanol–water partition coefficient (Wildman–Crippen LogP) is 7.01. The van der Waals surface area contributed by atoms with E-state index in [9.17, 15) is 9.00 Å². The van der Waals surface area contributed by atoms with Gasteiger partial charge in [-0.25, -0.2) is 0 Å². The Kier molecular flexibility index (Phi) is 7.57. The van der Waals surface area contributed by atoms with Crippen molar-refractivity contribution in [2.24, 2.45) is 23.2 Å². The molecule has 0 spiro atoms. The summed E-state index contributed by atoms with van der Waals surface area (Å²) in [5, 5.41) is 0.346. The van der Waals surface area contributed by atoms with Crippen LogP contribution in [0.5, 0.6) is 0 Å². The number of aromatic nitrogens is 1. The molecule has 3 fully saturated rings. The van der Waals surface area contributed by atoms with Gasteiger partial charge in [0.15, 0.2) is 0 Å². The molecule has 3 aliphatic rings. The molecule has 1 amide bonds. The predicted molar refractivity (Wildman–Crippen MR) is 148 cm³/mol. The van der Waals surface area contributed by atoms with Crippen molar-refractivity contribution in [1.82, 2.24) is 9.47 Å². The molecule has 194 valence electrons. The second-order valence-electron chi connectivity index (χ2n) is 11.5. The van der Waals surface area contributed by atoms with E-state index in [4.69, 9.17) is 0 Å². The molecule has 36 heavy (non-hydrogen) atoms. The molecule has 3 unspecified atom stereocenters. The van der Waals surface area contributed by atoms with Crippen LogP contribution in [0.4, 0.5) is 0 Å². The van der Waals surface area contributed by atoms with Crippen LogP contribution in [-0.4, -0.2) is 37.9 Å². The van der Waals surface area contributed by atoms with Gasteiger partial charge in [0.25, 0.3) is 5.91 Å². The van der Waals surface area contributed by atoms with E-state index >= 15 is 0 Å². The van der Waals surface area contributed by atoms with Crippen molar-refractivity contribution in [3.8, 4) is 5.69 Å². The highest BCUT2D eigenvalue weighted by Gasteiger charge is 2.46. The van der Waals surface area contributed by atoms with Crippen molar-refractivity contribution in [2.75, 3.05) is 13.1 Å². The van der Waals surface area contributed by atoms with Crippen molar-refractivity contribution >= 4 is 16.7 Å². The summed E-state index contributed by atoms with van der Waals surface area (Å²) in [6, 6.07) is 9.87. The Morgan fingerprint density at radius 1 is 1.00 bits per heavy atom. The number of piperidine rings is 1. The number of hydrogen-bond acceptors (Lipinski definition) is 2. The lowest BCUT2D eigenvalue weighted by molar-refractivity contribution is 0.00958. The summed E-state index contributed by atoms with van der Waals surface area (Å²) in [5.41, 5.74) is 2.06. The first-order chi connectivity index (χ1) is 17.4. The summed E-state index contributed by atoms with van der Waals surface area (Å²) in [6.07, 6.45) is 18.4. The zero-order valence-electron chi connectivity index (χ0n) is 22.2. The van der Waals surface area contributed by atoms with E-state index in [0.717, 1.165) is 60.8 Å². The molecule has 1 aromatic carbocycles. The highest BCUT2D eigenvalue weighted by Crippen LogP contribution is 2.53. The lowest BCUT2D eigenvalue weighted by Gasteiger charge is -2.49. The van der Waals surface area contributed by atoms with Crippen molar-refractivity contribution in [3.63, 3.8) is 0 Å². The quantitative estimate of drug-likeness (QED) is 0.362. The minimum atomic E-state index is -0.883. The van der Waals surface area contributed by atoms with E-state index in [0.29, 0.717) is 22.5 Å². The summed E-state index contributed by atoms with van der Waals surface area (Å²) >= 11 is 0. The normalized spacial score (nSPS) is 23.1. The first kappa shape index (κ1) is 25.5. The second kappa shape index (κ2) is 10.7. The standard InChI is InChI=1S/C31H42N2O2S/c1-4-7-23(2)31(3,25-8-5-6-9-25)26-17-20-32(21-18-26)30(34)24-16-19-33(22-24)27-10-12-28(13-11-27)36(35)29-14-15-29/h4,7,10-13,16,19,22-23,25-26,29H,5-6,8-9,14-15,17-18,20-21H2,1-3H3/b7-4-. The maximum atomic E-state index is 13.4. The summed E-state index contributed by atoms with van der Waals surface area (Å²) in [4.78, 5) is 16.3. The molecule has 0 radical (unpaired) electrons. The number of carbonyl (C=O) groups is 1. The Morgan fingerprint density at radius 3 is 2.25 bits per heavy atom. The van der Waals surface area contributed by atoms with Crippen molar-refractivity contribution in [1.29, 1.82) is 0 Å². The summed E-state index contributed by atoms with van der Waals surface area (Å²) in [5.74, 6) is 2.18. The number of amides is 1. The summed E-state index contributed by atoms with van der Waals surface area (Å²) in [7, 11) is -0.883. The third-order valence-electron chi connectivity index (χ3n) is 9.49. The Balaban J connectivity index is 1.23. The number of benzene rings is 1. The fourth-order valence-electron chi connectivity index (χ4n) is 6.92. The van der Waals surface area contributed by atoms with Crippen LogP contribution < -0.4 is 0 Å². The Hall–Kier alpha value is -2.14. The van der Waals surface area contributed by atoms with Crippen LogP contribution in [-0.2, 0) is 10.8 Å². The number of carbonyl (C=O) groups excluding carboxylic acids is 1. The number of hydrogen-bond donors (Lipinski definition) is 0. The molecule has 2 saturated carbocycles. The number of rotatable bonds is 8. The average molecular weight is 507 g/mol. The summed E-state index contributed by atoms with van der Waals surface area (Å²) in [6.45, 7) is 8.79. The van der Waals surface area contributed by atoms with Crippen LogP contribution in [0.15, 0.2) is 59.8 Å². The monoisotopic (exact) mass is 506 g/mol. The van der Waals surface area contributed by atoms with Gasteiger partial charge in [0.2, 0.25) is 0 Å². The van der Waals surface area contributed by atoms with Gasteiger partial charge in [0.05, 0.1) is 16.4 Å². The molecule has 1 aliphatic heterocycles. The van der Waals surface area contributed by atoms with Gasteiger partial charge in [-0.3, -0.25) is 9.00 Å². The molecule has 2 heterocycles. The van der Waals surface area contributed by atoms with Crippen molar-refractivity contribution in [3.05, 3.63) is 60.4 Å². The van der Waals surface area contributed by atoms with Gasteiger partial charge in [0, 0.05) is 41.3 Å². The van der Waals surface area contributed by atoms with E-state index < -0.39 is 10.8 Å². The number of likely N-dealkylation sites (tertiary alicyclic amines) is 1. The third-order valence-corrected chi connectivity index (χ3v) is 11.3. The van der Waals surface area contributed by atoms with Crippen LogP contribution in [0.3, 0.4) is 0 Å². The molecule has 0 bridgehead atoms. The van der Waals surface area contributed by atoms with Crippen LogP contribution in [0, 0.1) is 23.2 Å². The van der Waals surface area contributed by atoms with Gasteiger partial charge >= 0.3 is 0 Å². The van der Waals surface area contributed by atoms with Gasteiger partial charge in [-0.05, 0) is 98.9 Å². The highest BCUT2D eigenvalue weighted by atomic mass is 32.2. The van der Waals surface area contributed by atoms with E-state index in [1.54, 1.807) is 0 Å². The largest absolute Gasteiger partial charge is 0.339 e. The molecular formula is C31H42N2O2S. The molecule has 2 aliphatic carbocycles. The van der Waals surface area contributed by atoms with E-state index in [1.807, 2.05) is 47.3 Å². The number of nitrogens with zero attached hydrogens (tertiary/aromatic N) is 2. The maximum Gasteiger partial charge on any atom is 0.255 e. The smallest absolute Gasteiger partial charge is 0.255 e. The fraction of sp³-hybridized carbons (Fsp3) is 0.581. The minimum absolute atomic E-state index is 0.141. The van der Waals surface area contributed by atoms with Gasteiger partial charge < -0.3 is 9.47 Å². The highest BCUT2D eigenvalue weighted by molar-refractivity contribution is 7.86. The van der Waals surface area contributed by atoms with E-state index in [-0.39, 0.29) is 5.91 Å². The van der Waals surface area contributed by atoms with Crippen LogP contribution in [0.25, 0.3) is 5.69 Å². The van der Waals surface area contributed by atoms with Crippen LogP contribution in [0.2, 0.25) is 0 Å². The molecule has 0 N–H and O–H groups in total. The van der Waals surface area contributed by atoms with E-state index in [2.05, 4.69) is 37.8 Å². The van der Waals surface area contributed by atoms with Crippen molar-refractivity contribution < 1.29 is 9.00 Å².